The van der Waals surface area contributed by atoms with Crippen molar-refractivity contribution in [2.45, 2.75) is 39.5 Å². The molecule has 0 amide bonds. The predicted octanol–water partition coefficient (Wildman–Crippen LogP) is 5.30. The monoisotopic (exact) mass is 419 g/mol. The van der Waals surface area contributed by atoms with Gasteiger partial charge in [-0.25, -0.2) is 14.4 Å². The quantitative estimate of drug-likeness (QED) is 0.424. The van der Waals surface area contributed by atoms with E-state index in [9.17, 15) is 4.79 Å². The molecule has 6 heteroatoms. The van der Waals surface area contributed by atoms with Gasteiger partial charge in [0.2, 0.25) is 0 Å². The molecule has 0 N–H and O–H groups in total. The Morgan fingerprint density at radius 2 is 1.87 bits per heavy atom. The summed E-state index contributed by atoms with van der Waals surface area (Å²) in [5, 5.41) is 0.955. The number of esters is 1. The molecule has 3 aromatic rings. The summed E-state index contributed by atoms with van der Waals surface area (Å²) in [6.07, 6.45) is 3.84. The van der Waals surface area contributed by atoms with E-state index >= 15 is 4.39 Å². The Bertz CT molecular complexity index is 1150. The molecular formula is C25H26FN3O2. The SMILES string of the molecule is Cc1ccc2c(N3CCC(C)CC3)nc(-c3c(F)cccc3OC(=O)C3CC3)nc2c1. The molecule has 5 rings (SSSR count). The lowest BCUT2D eigenvalue weighted by molar-refractivity contribution is -0.135. The average Bonchev–Trinajstić information content (AvgIpc) is 3.59. The van der Waals surface area contributed by atoms with Gasteiger partial charge in [-0.2, -0.15) is 0 Å². The van der Waals surface area contributed by atoms with Crippen molar-refractivity contribution < 1.29 is 13.9 Å². The van der Waals surface area contributed by atoms with E-state index in [-0.39, 0.29) is 29.0 Å². The Morgan fingerprint density at radius 1 is 1.10 bits per heavy atom. The van der Waals surface area contributed by atoms with Crippen LogP contribution in [0.5, 0.6) is 5.75 Å². The van der Waals surface area contributed by atoms with Gasteiger partial charge in [-0.05, 0) is 68.4 Å². The minimum absolute atomic E-state index is 0.0813. The third kappa shape index (κ3) is 3.99. The number of fused-ring (bicyclic) bond motifs is 1. The first kappa shape index (κ1) is 19.9. The number of aryl methyl sites for hydroxylation is 1. The molecule has 2 heterocycles. The summed E-state index contributed by atoms with van der Waals surface area (Å²) >= 11 is 0. The Balaban J connectivity index is 1.64. The van der Waals surface area contributed by atoms with E-state index in [1.165, 1.54) is 6.07 Å². The van der Waals surface area contributed by atoms with Gasteiger partial charge in [0.05, 0.1) is 17.0 Å². The molecule has 1 saturated carbocycles. The molecule has 0 unspecified atom stereocenters. The van der Waals surface area contributed by atoms with Gasteiger partial charge in [0.25, 0.3) is 0 Å². The van der Waals surface area contributed by atoms with Crippen molar-refractivity contribution in [3.63, 3.8) is 0 Å². The highest BCUT2D eigenvalue weighted by Crippen LogP contribution is 2.37. The van der Waals surface area contributed by atoms with Gasteiger partial charge in [0.1, 0.15) is 17.4 Å². The second-order valence-corrected chi connectivity index (χ2v) is 8.87. The molecule has 31 heavy (non-hydrogen) atoms. The molecule has 1 aliphatic heterocycles. The van der Waals surface area contributed by atoms with Gasteiger partial charge in [0, 0.05) is 18.5 Å². The van der Waals surface area contributed by atoms with Gasteiger partial charge < -0.3 is 9.64 Å². The van der Waals surface area contributed by atoms with Crippen LogP contribution in [0.1, 0.15) is 38.2 Å². The van der Waals surface area contributed by atoms with E-state index in [0.717, 1.165) is 61.1 Å². The van der Waals surface area contributed by atoms with Crippen molar-refractivity contribution in [3.05, 3.63) is 47.8 Å². The van der Waals surface area contributed by atoms with E-state index in [1.54, 1.807) is 12.1 Å². The summed E-state index contributed by atoms with van der Waals surface area (Å²) in [6, 6.07) is 10.6. The highest BCUT2D eigenvalue weighted by atomic mass is 19.1. The number of anilines is 1. The number of hydrogen-bond acceptors (Lipinski definition) is 5. The molecule has 0 spiro atoms. The van der Waals surface area contributed by atoms with E-state index in [1.807, 2.05) is 25.1 Å². The van der Waals surface area contributed by atoms with E-state index in [4.69, 9.17) is 14.7 Å². The zero-order valence-electron chi connectivity index (χ0n) is 17.9. The normalized spacial score (nSPS) is 17.2. The molecule has 1 aliphatic carbocycles. The first-order valence-electron chi connectivity index (χ1n) is 11.0. The Kier molecular flexibility index (Phi) is 5.08. The first-order chi connectivity index (χ1) is 15.0. The van der Waals surface area contributed by atoms with Gasteiger partial charge in [0.15, 0.2) is 5.82 Å². The fraction of sp³-hybridized carbons (Fsp3) is 0.400. The van der Waals surface area contributed by atoms with Crippen LogP contribution in [-0.4, -0.2) is 29.0 Å². The molecule has 0 bridgehead atoms. The van der Waals surface area contributed by atoms with Crippen LogP contribution in [0.2, 0.25) is 0 Å². The minimum atomic E-state index is -0.494. The first-order valence-corrected chi connectivity index (χ1v) is 11.0. The van der Waals surface area contributed by atoms with Crippen molar-refractivity contribution in [1.29, 1.82) is 0 Å². The van der Waals surface area contributed by atoms with Crippen LogP contribution < -0.4 is 9.64 Å². The highest BCUT2D eigenvalue weighted by molar-refractivity contribution is 5.92. The lowest BCUT2D eigenvalue weighted by atomic mass is 9.99. The topological polar surface area (TPSA) is 55.3 Å². The fourth-order valence-electron chi connectivity index (χ4n) is 4.11. The summed E-state index contributed by atoms with van der Waals surface area (Å²) in [5.41, 5.74) is 1.98. The standard InChI is InChI=1S/C25H26FN3O2/c1-15-10-12-29(13-11-15)24-18-9-6-16(2)14-20(18)27-23(28-24)22-19(26)4-3-5-21(22)31-25(30)17-7-8-17/h3-6,9,14-15,17H,7-8,10-13H2,1-2H3. The van der Waals surface area contributed by atoms with Gasteiger partial charge >= 0.3 is 5.97 Å². The second-order valence-electron chi connectivity index (χ2n) is 8.87. The Labute approximate surface area is 181 Å². The molecule has 1 saturated heterocycles. The molecule has 160 valence electrons. The van der Waals surface area contributed by atoms with Crippen LogP contribution in [0.3, 0.4) is 0 Å². The van der Waals surface area contributed by atoms with Crippen molar-refractivity contribution in [3.8, 4) is 17.1 Å². The largest absolute Gasteiger partial charge is 0.425 e. The van der Waals surface area contributed by atoms with Crippen LogP contribution in [0.4, 0.5) is 10.2 Å². The highest BCUT2D eigenvalue weighted by Gasteiger charge is 2.33. The van der Waals surface area contributed by atoms with Crippen molar-refractivity contribution in [1.82, 2.24) is 9.97 Å². The molecule has 1 aromatic heterocycles. The number of benzene rings is 2. The maximum absolute atomic E-state index is 15.0. The van der Waals surface area contributed by atoms with Crippen molar-refractivity contribution in [2.75, 3.05) is 18.0 Å². The summed E-state index contributed by atoms with van der Waals surface area (Å²) in [7, 11) is 0. The average molecular weight is 420 g/mol. The zero-order valence-corrected chi connectivity index (χ0v) is 17.9. The number of nitrogens with zero attached hydrogens (tertiary/aromatic N) is 3. The number of aromatic nitrogens is 2. The van der Waals surface area contributed by atoms with Crippen LogP contribution in [0, 0.1) is 24.6 Å². The molecule has 2 fully saturated rings. The number of hydrogen-bond donors (Lipinski definition) is 0. The summed E-state index contributed by atoms with van der Waals surface area (Å²) < 4.78 is 20.6. The molecule has 5 nitrogen and oxygen atoms in total. The number of carbonyl (C=O) groups is 1. The number of ether oxygens (including phenoxy) is 1. The number of halogens is 1. The summed E-state index contributed by atoms with van der Waals surface area (Å²) in [6.45, 7) is 6.09. The van der Waals surface area contributed by atoms with Gasteiger partial charge in [-0.15, -0.1) is 0 Å². The molecule has 2 aromatic carbocycles. The number of rotatable bonds is 4. The van der Waals surface area contributed by atoms with Crippen LogP contribution in [-0.2, 0) is 4.79 Å². The zero-order chi connectivity index (χ0) is 21.5. The number of carbonyl (C=O) groups excluding carboxylic acids is 1. The lowest BCUT2D eigenvalue weighted by Crippen LogP contribution is -2.33. The van der Waals surface area contributed by atoms with E-state index in [2.05, 4.69) is 11.8 Å². The Hall–Kier alpha value is -3.02. The predicted molar refractivity (Wildman–Crippen MR) is 119 cm³/mol. The van der Waals surface area contributed by atoms with Crippen LogP contribution in [0.15, 0.2) is 36.4 Å². The Morgan fingerprint density at radius 3 is 2.61 bits per heavy atom. The summed E-state index contributed by atoms with van der Waals surface area (Å²) in [5.74, 6) is 1.05. The lowest BCUT2D eigenvalue weighted by Gasteiger charge is -2.32. The van der Waals surface area contributed by atoms with Crippen molar-refractivity contribution >= 4 is 22.7 Å². The fourth-order valence-corrected chi connectivity index (χ4v) is 4.11. The molecule has 2 aliphatic rings. The van der Waals surface area contributed by atoms with Crippen LogP contribution in [0.25, 0.3) is 22.3 Å². The molecule has 0 atom stereocenters. The van der Waals surface area contributed by atoms with Gasteiger partial charge in [-0.1, -0.05) is 19.1 Å². The minimum Gasteiger partial charge on any atom is -0.425 e. The maximum atomic E-state index is 15.0. The van der Waals surface area contributed by atoms with Crippen molar-refractivity contribution in [2.24, 2.45) is 11.8 Å². The van der Waals surface area contributed by atoms with E-state index in [0.29, 0.717) is 5.92 Å². The molecule has 0 radical (unpaired) electrons. The molecular weight excluding hydrogens is 393 g/mol. The second kappa shape index (κ2) is 7.91. The van der Waals surface area contributed by atoms with Gasteiger partial charge in [-0.3, -0.25) is 4.79 Å². The third-order valence-corrected chi connectivity index (χ3v) is 6.24. The smallest absolute Gasteiger partial charge is 0.314 e. The third-order valence-electron chi connectivity index (χ3n) is 6.24. The maximum Gasteiger partial charge on any atom is 0.314 e. The number of piperidine rings is 1. The van der Waals surface area contributed by atoms with Crippen LogP contribution >= 0.6 is 0 Å². The summed E-state index contributed by atoms with van der Waals surface area (Å²) in [4.78, 5) is 24.1. The van der Waals surface area contributed by atoms with E-state index < -0.39 is 5.82 Å².